The summed E-state index contributed by atoms with van der Waals surface area (Å²) < 4.78 is 7.35. The minimum atomic E-state index is 0.407. The molecule has 1 atom stereocenters. The fraction of sp³-hybridized carbons (Fsp3) is 0.286. The van der Waals surface area contributed by atoms with E-state index in [0.29, 0.717) is 5.37 Å². The molecule has 152 valence electrons. The van der Waals surface area contributed by atoms with Gasteiger partial charge in [0.05, 0.1) is 23.9 Å². The second-order valence-corrected chi connectivity index (χ2v) is 8.01. The Morgan fingerprint density at radius 2 is 2.10 bits per heavy atom. The molecule has 1 unspecified atom stereocenters. The van der Waals surface area contributed by atoms with Gasteiger partial charge in [-0.15, -0.1) is 11.8 Å². The van der Waals surface area contributed by atoms with Crippen LogP contribution in [0.2, 0.25) is 0 Å². The minimum Gasteiger partial charge on any atom is -0.497 e. The highest BCUT2D eigenvalue weighted by atomic mass is 32.2. The third kappa shape index (κ3) is 5.17. The average molecular weight is 411 g/mol. The number of thioether (sulfide) groups is 1. The number of rotatable bonds is 9. The number of nitrogens with zero attached hydrogens (tertiary/aromatic N) is 2. The number of hydrogen-bond donors (Lipinski definition) is 4. The molecule has 2 heterocycles. The lowest BCUT2D eigenvalue weighted by molar-refractivity contribution is 0.415. The van der Waals surface area contributed by atoms with Crippen LogP contribution in [-0.4, -0.2) is 41.1 Å². The first-order valence-corrected chi connectivity index (χ1v) is 10.7. The summed E-state index contributed by atoms with van der Waals surface area (Å²) in [6.07, 6.45) is 2.11. The van der Waals surface area contributed by atoms with E-state index in [4.69, 9.17) is 9.84 Å². The molecule has 2 aromatic carbocycles. The maximum atomic E-state index is 5.40. The molecule has 7 nitrogen and oxygen atoms in total. The zero-order chi connectivity index (χ0) is 19.9. The molecular formula is C21H26N6OS. The van der Waals surface area contributed by atoms with Gasteiger partial charge in [0.1, 0.15) is 5.75 Å². The molecule has 4 rings (SSSR count). The van der Waals surface area contributed by atoms with Crippen molar-refractivity contribution in [3.05, 3.63) is 66.4 Å². The molecule has 29 heavy (non-hydrogen) atoms. The summed E-state index contributed by atoms with van der Waals surface area (Å²) in [6.45, 7) is 2.61. The molecule has 0 bridgehead atoms. The van der Waals surface area contributed by atoms with Gasteiger partial charge in [-0.2, -0.15) is 10.6 Å². The van der Waals surface area contributed by atoms with E-state index >= 15 is 0 Å². The molecule has 1 aliphatic heterocycles. The van der Waals surface area contributed by atoms with Crippen LogP contribution in [-0.2, 0) is 6.54 Å². The van der Waals surface area contributed by atoms with E-state index < -0.39 is 0 Å². The normalized spacial score (nSPS) is 16.2. The SMILES string of the molecule is COc1cccc(-c2nn(-c3ccccc3)cc2CNCCSC2CNNN2)c1. The highest BCUT2D eigenvalue weighted by molar-refractivity contribution is 7.99. The van der Waals surface area contributed by atoms with E-state index in [1.165, 1.54) is 0 Å². The summed E-state index contributed by atoms with van der Waals surface area (Å²) in [6, 6.07) is 18.2. The molecule has 0 amide bonds. The van der Waals surface area contributed by atoms with Crippen LogP contribution in [0.25, 0.3) is 16.9 Å². The lowest BCUT2D eigenvalue weighted by Crippen LogP contribution is -2.32. The predicted octanol–water partition coefficient (Wildman–Crippen LogP) is 2.31. The van der Waals surface area contributed by atoms with Crippen molar-refractivity contribution >= 4 is 11.8 Å². The van der Waals surface area contributed by atoms with Gasteiger partial charge in [-0.1, -0.05) is 30.3 Å². The van der Waals surface area contributed by atoms with E-state index in [0.717, 1.165) is 53.6 Å². The molecule has 3 aromatic rings. The first-order chi connectivity index (χ1) is 14.3. The topological polar surface area (TPSA) is 75.2 Å². The third-order valence-corrected chi connectivity index (χ3v) is 5.80. The molecule has 1 fully saturated rings. The van der Waals surface area contributed by atoms with E-state index in [1.54, 1.807) is 7.11 Å². The fourth-order valence-electron chi connectivity index (χ4n) is 3.19. The number of methoxy groups -OCH3 is 1. The van der Waals surface area contributed by atoms with Crippen molar-refractivity contribution in [1.29, 1.82) is 0 Å². The largest absolute Gasteiger partial charge is 0.497 e. The summed E-state index contributed by atoms with van der Waals surface area (Å²) >= 11 is 1.89. The third-order valence-electron chi connectivity index (χ3n) is 4.68. The van der Waals surface area contributed by atoms with Gasteiger partial charge in [-0.05, 0) is 24.3 Å². The van der Waals surface area contributed by atoms with Gasteiger partial charge in [0.15, 0.2) is 0 Å². The average Bonchev–Trinajstić information content (AvgIpc) is 3.44. The van der Waals surface area contributed by atoms with E-state index in [2.05, 4.69) is 46.1 Å². The Balaban J connectivity index is 1.48. The quantitative estimate of drug-likeness (QED) is 0.403. The van der Waals surface area contributed by atoms with Crippen LogP contribution in [0.4, 0.5) is 0 Å². The van der Waals surface area contributed by atoms with Gasteiger partial charge >= 0.3 is 0 Å². The van der Waals surface area contributed by atoms with Gasteiger partial charge in [0.25, 0.3) is 0 Å². The summed E-state index contributed by atoms with van der Waals surface area (Å²) in [5.74, 6) is 1.86. The molecule has 0 aliphatic carbocycles. The van der Waals surface area contributed by atoms with Crippen LogP contribution in [0, 0.1) is 0 Å². The Morgan fingerprint density at radius 3 is 2.90 bits per heavy atom. The molecule has 0 saturated carbocycles. The second kappa shape index (κ2) is 9.91. The molecule has 1 aromatic heterocycles. The first-order valence-electron chi connectivity index (χ1n) is 9.67. The Labute approximate surface area is 175 Å². The highest BCUT2D eigenvalue weighted by Crippen LogP contribution is 2.27. The van der Waals surface area contributed by atoms with Crippen LogP contribution in [0.5, 0.6) is 5.75 Å². The lowest BCUT2D eigenvalue weighted by Gasteiger charge is -2.09. The van der Waals surface area contributed by atoms with Crippen LogP contribution < -0.4 is 26.4 Å². The van der Waals surface area contributed by atoms with Crippen molar-refractivity contribution in [2.24, 2.45) is 0 Å². The summed E-state index contributed by atoms with van der Waals surface area (Å²) in [7, 11) is 1.69. The molecule has 4 N–H and O–H groups in total. The van der Waals surface area contributed by atoms with Gasteiger partial charge in [-0.3, -0.25) is 0 Å². The van der Waals surface area contributed by atoms with Gasteiger partial charge in [-0.25, -0.2) is 15.5 Å². The molecule has 0 radical (unpaired) electrons. The smallest absolute Gasteiger partial charge is 0.119 e. The number of aromatic nitrogens is 2. The lowest BCUT2D eigenvalue weighted by atomic mass is 10.1. The van der Waals surface area contributed by atoms with E-state index in [1.807, 2.05) is 52.8 Å². The maximum absolute atomic E-state index is 5.40. The van der Waals surface area contributed by atoms with Crippen LogP contribution >= 0.6 is 11.8 Å². The molecule has 1 saturated heterocycles. The number of benzene rings is 2. The van der Waals surface area contributed by atoms with Crippen molar-refractivity contribution < 1.29 is 4.74 Å². The monoisotopic (exact) mass is 410 g/mol. The number of hydrazine groups is 2. The Kier molecular flexibility index (Phi) is 6.81. The Hall–Kier alpha value is -2.36. The zero-order valence-electron chi connectivity index (χ0n) is 16.4. The van der Waals surface area contributed by atoms with Crippen molar-refractivity contribution in [3.8, 4) is 22.7 Å². The maximum Gasteiger partial charge on any atom is 0.119 e. The van der Waals surface area contributed by atoms with Crippen LogP contribution in [0.15, 0.2) is 60.8 Å². The molecular weight excluding hydrogens is 384 g/mol. The van der Waals surface area contributed by atoms with Crippen molar-refractivity contribution in [2.45, 2.75) is 11.9 Å². The summed E-state index contributed by atoms with van der Waals surface area (Å²) in [5.41, 5.74) is 13.4. The number of ether oxygens (including phenoxy) is 1. The number of para-hydroxylation sites is 1. The second-order valence-electron chi connectivity index (χ2n) is 6.70. The van der Waals surface area contributed by atoms with Crippen LogP contribution in [0.1, 0.15) is 5.56 Å². The number of nitrogens with one attached hydrogen (secondary N) is 4. The zero-order valence-corrected chi connectivity index (χ0v) is 17.2. The number of hydrogen-bond acceptors (Lipinski definition) is 7. The first kappa shape index (κ1) is 19.9. The molecule has 0 spiro atoms. The van der Waals surface area contributed by atoms with E-state index in [9.17, 15) is 0 Å². The van der Waals surface area contributed by atoms with Gasteiger partial charge < -0.3 is 10.1 Å². The molecule has 8 heteroatoms. The predicted molar refractivity (Wildman–Crippen MR) is 118 cm³/mol. The van der Waals surface area contributed by atoms with Gasteiger partial charge in [0, 0.05) is 42.7 Å². The van der Waals surface area contributed by atoms with Crippen molar-refractivity contribution in [1.82, 2.24) is 31.5 Å². The summed E-state index contributed by atoms with van der Waals surface area (Å²) in [4.78, 5) is 0. The standard InChI is InChI=1S/C21H26N6OS/c1-28-19-9-5-6-16(12-19)21-17(13-22-10-11-29-20-14-23-26-24-20)15-27(25-21)18-7-3-2-4-8-18/h2-9,12,15,20,22-24,26H,10-11,13-14H2,1H3. The highest BCUT2D eigenvalue weighted by Gasteiger charge is 2.14. The van der Waals surface area contributed by atoms with Crippen molar-refractivity contribution in [2.75, 3.05) is 26.0 Å². The Bertz CT molecular complexity index is 911. The Morgan fingerprint density at radius 1 is 1.21 bits per heavy atom. The van der Waals surface area contributed by atoms with Gasteiger partial charge in [0.2, 0.25) is 0 Å². The van der Waals surface area contributed by atoms with E-state index in [-0.39, 0.29) is 0 Å². The van der Waals surface area contributed by atoms with Crippen LogP contribution in [0.3, 0.4) is 0 Å². The summed E-state index contributed by atoms with van der Waals surface area (Å²) in [5, 5.41) is 8.84. The fourth-order valence-corrected chi connectivity index (χ4v) is 4.08. The molecule has 1 aliphatic rings. The van der Waals surface area contributed by atoms with Crippen molar-refractivity contribution in [3.63, 3.8) is 0 Å². The minimum absolute atomic E-state index is 0.407.